The molecule has 27 heavy (non-hydrogen) atoms. The first-order chi connectivity index (χ1) is 13.1. The van der Waals surface area contributed by atoms with Gasteiger partial charge < -0.3 is 20.8 Å². The van der Waals surface area contributed by atoms with Crippen LogP contribution in [0, 0.1) is 0 Å². The van der Waals surface area contributed by atoms with E-state index in [-0.39, 0.29) is 11.9 Å². The van der Waals surface area contributed by atoms with E-state index in [2.05, 4.69) is 52.4 Å². The number of hydrogen-bond acceptors (Lipinski definition) is 5. The van der Waals surface area contributed by atoms with Gasteiger partial charge in [0.2, 0.25) is 5.95 Å². The summed E-state index contributed by atoms with van der Waals surface area (Å²) in [6.07, 6.45) is 3.94. The van der Waals surface area contributed by atoms with Crippen LogP contribution in [0.5, 0.6) is 5.75 Å². The largest absolute Gasteiger partial charge is 0.492 e. The number of nitrogens with zero attached hydrogens (tertiary/aromatic N) is 3. The second-order valence-corrected chi connectivity index (χ2v) is 6.88. The van der Waals surface area contributed by atoms with E-state index >= 15 is 0 Å². The summed E-state index contributed by atoms with van der Waals surface area (Å²) in [6.45, 7) is 6.67. The van der Waals surface area contributed by atoms with Gasteiger partial charge in [-0.05, 0) is 23.8 Å². The van der Waals surface area contributed by atoms with E-state index in [1.165, 1.54) is 0 Å². The molecule has 0 radical (unpaired) electrons. The van der Waals surface area contributed by atoms with E-state index < -0.39 is 0 Å². The van der Waals surface area contributed by atoms with Crippen molar-refractivity contribution in [3.05, 3.63) is 54.2 Å². The minimum absolute atomic E-state index is 0.156. The van der Waals surface area contributed by atoms with Crippen molar-refractivity contribution in [3.8, 4) is 11.4 Å². The van der Waals surface area contributed by atoms with E-state index in [4.69, 9.17) is 16.2 Å². The zero-order valence-electron chi connectivity index (χ0n) is 14.9. The number of nitrogen functional groups attached to an aromatic ring is 2. The van der Waals surface area contributed by atoms with Crippen molar-refractivity contribution in [1.82, 2.24) is 14.5 Å². The molecule has 5 rings (SSSR count). The third-order valence-electron chi connectivity index (χ3n) is 5.22. The van der Waals surface area contributed by atoms with E-state index in [1.54, 1.807) is 0 Å². The molecule has 2 aromatic heterocycles. The van der Waals surface area contributed by atoms with Gasteiger partial charge in [0.1, 0.15) is 11.6 Å². The van der Waals surface area contributed by atoms with Crippen LogP contribution < -0.4 is 16.2 Å². The highest BCUT2D eigenvalue weighted by atomic mass is 16.5. The Hall–Kier alpha value is -3.54. The van der Waals surface area contributed by atoms with Crippen LogP contribution in [-0.2, 0) is 0 Å². The average Bonchev–Trinajstić information content (AvgIpc) is 3.24. The van der Waals surface area contributed by atoms with Crippen LogP contribution in [0.3, 0.4) is 0 Å². The second-order valence-electron chi connectivity index (χ2n) is 6.88. The fourth-order valence-electron chi connectivity index (χ4n) is 4.01. The highest BCUT2D eigenvalue weighted by Gasteiger charge is 2.29. The third-order valence-corrected chi connectivity index (χ3v) is 5.22. The first-order valence-corrected chi connectivity index (χ1v) is 8.83. The van der Waals surface area contributed by atoms with E-state index in [0.29, 0.717) is 17.9 Å². The van der Waals surface area contributed by atoms with Gasteiger partial charge in [-0.2, -0.15) is 4.98 Å². The number of nitrogens with two attached hydrogens (primary N) is 2. The van der Waals surface area contributed by atoms with Crippen LogP contribution in [-0.4, -0.2) is 21.1 Å². The lowest BCUT2D eigenvalue weighted by Crippen LogP contribution is -2.04. The van der Waals surface area contributed by atoms with Gasteiger partial charge in [-0.3, -0.25) is 0 Å². The van der Waals surface area contributed by atoms with E-state index in [0.717, 1.165) is 38.9 Å². The van der Waals surface area contributed by atoms with Gasteiger partial charge in [-0.1, -0.05) is 31.7 Å². The Kier molecular flexibility index (Phi) is 3.18. The van der Waals surface area contributed by atoms with Crippen LogP contribution in [0.25, 0.3) is 33.6 Å². The standard InChI is InChI=1S/C21H19N5O/c1-3-12-5-4-6-15-13(12)7-8-26(15)16-9-14-18(20(22)25-21(23)24-14)19-17(16)11(2)10-27-19/h3-9,11H,1,10H2,2H3,(H4,22,23,24,25). The monoisotopic (exact) mass is 357 g/mol. The van der Waals surface area contributed by atoms with E-state index in [9.17, 15) is 0 Å². The molecular weight excluding hydrogens is 338 g/mol. The number of benzene rings is 2. The Morgan fingerprint density at radius 2 is 2.11 bits per heavy atom. The van der Waals surface area contributed by atoms with Gasteiger partial charge in [-0.15, -0.1) is 0 Å². The highest BCUT2D eigenvalue weighted by molar-refractivity contribution is 5.99. The molecule has 1 atom stereocenters. The molecule has 6 nitrogen and oxygen atoms in total. The zero-order chi connectivity index (χ0) is 18.7. The van der Waals surface area contributed by atoms with Crippen molar-refractivity contribution < 1.29 is 4.74 Å². The number of anilines is 2. The van der Waals surface area contributed by atoms with E-state index in [1.807, 2.05) is 18.2 Å². The number of hydrogen-bond donors (Lipinski definition) is 2. The number of ether oxygens (including phenoxy) is 1. The number of aromatic nitrogens is 3. The fourth-order valence-corrected chi connectivity index (χ4v) is 4.01. The second kappa shape index (κ2) is 5.48. The first kappa shape index (κ1) is 15.7. The zero-order valence-corrected chi connectivity index (χ0v) is 14.9. The van der Waals surface area contributed by atoms with Crippen LogP contribution in [0.15, 0.2) is 43.1 Å². The maximum absolute atomic E-state index is 6.14. The van der Waals surface area contributed by atoms with Crippen molar-refractivity contribution in [2.45, 2.75) is 12.8 Å². The lowest BCUT2D eigenvalue weighted by atomic mass is 9.98. The molecule has 134 valence electrons. The Labute approximate surface area is 156 Å². The Bertz CT molecular complexity index is 1240. The molecule has 0 amide bonds. The van der Waals surface area contributed by atoms with Gasteiger partial charge in [0, 0.05) is 23.1 Å². The van der Waals surface area contributed by atoms with Gasteiger partial charge >= 0.3 is 0 Å². The van der Waals surface area contributed by atoms with Crippen LogP contribution in [0.1, 0.15) is 24.0 Å². The summed E-state index contributed by atoms with van der Waals surface area (Å²) < 4.78 is 8.18. The molecule has 4 aromatic rings. The van der Waals surface area contributed by atoms with Gasteiger partial charge in [-0.25, -0.2) is 4.98 Å². The Morgan fingerprint density at radius 1 is 1.26 bits per heavy atom. The molecule has 1 unspecified atom stereocenters. The molecule has 4 N–H and O–H groups in total. The summed E-state index contributed by atoms with van der Waals surface area (Å²) >= 11 is 0. The van der Waals surface area contributed by atoms with Crippen molar-refractivity contribution in [2.24, 2.45) is 0 Å². The molecule has 0 saturated heterocycles. The molecule has 0 saturated carbocycles. The minimum Gasteiger partial charge on any atom is -0.492 e. The molecule has 1 aliphatic rings. The predicted octanol–water partition coefficient (Wildman–Crippen LogP) is 3.88. The van der Waals surface area contributed by atoms with Crippen molar-refractivity contribution in [3.63, 3.8) is 0 Å². The van der Waals surface area contributed by atoms with Crippen molar-refractivity contribution in [2.75, 3.05) is 18.1 Å². The summed E-state index contributed by atoms with van der Waals surface area (Å²) in [5.74, 6) is 1.49. The molecule has 2 aromatic carbocycles. The molecule has 0 fully saturated rings. The lowest BCUT2D eigenvalue weighted by Gasteiger charge is -2.15. The molecule has 1 aliphatic heterocycles. The Balaban J connectivity index is 1.90. The van der Waals surface area contributed by atoms with Gasteiger partial charge in [0.15, 0.2) is 0 Å². The number of rotatable bonds is 2. The molecule has 0 spiro atoms. The van der Waals surface area contributed by atoms with Crippen molar-refractivity contribution in [1.29, 1.82) is 0 Å². The summed E-state index contributed by atoms with van der Waals surface area (Å²) in [6, 6.07) is 10.3. The third kappa shape index (κ3) is 2.13. The summed E-state index contributed by atoms with van der Waals surface area (Å²) in [7, 11) is 0. The molecule has 6 heteroatoms. The SMILES string of the molecule is C=Cc1cccc2c1ccn2-c1cc2nc(N)nc(N)c2c2c1C(C)CO2. The fraction of sp³-hybridized carbons (Fsp3) is 0.143. The smallest absolute Gasteiger partial charge is 0.222 e. The highest BCUT2D eigenvalue weighted by Crippen LogP contribution is 2.45. The minimum atomic E-state index is 0.156. The maximum atomic E-state index is 6.14. The maximum Gasteiger partial charge on any atom is 0.222 e. The summed E-state index contributed by atoms with van der Waals surface area (Å²) in [4.78, 5) is 8.52. The normalized spacial score (nSPS) is 15.8. The summed E-state index contributed by atoms with van der Waals surface area (Å²) in [5, 5.41) is 1.88. The van der Waals surface area contributed by atoms with Crippen molar-refractivity contribution >= 4 is 39.6 Å². The molecule has 0 aliphatic carbocycles. The molecule has 0 bridgehead atoms. The summed E-state index contributed by atoms with van der Waals surface area (Å²) in [5.41, 5.74) is 17.0. The van der Waals surface area contributed by atoms with Gasteiger partial charge in [0.25, 0.3) is 0 Å². The van der Waals surface area contributed by atoms with Gasteiger partial charge in [0.05, 0.1) is 28.7 Å². The van der Waals surface area contributed by atoms with Crippen LogP contribution in [0.2, 0.25) is 0 Å². The number of fused-ring (bicyclic) bond motifs is 4. The molecule has 3 heterocycles. The first-order valence-electron chi connectivity index (χ1n) is 8.83. The average molecular weight is 357 g/mol. The lowest BCUT2D eigenvalue weighted by molar-refractivity contribution is 0.340. The van der Waals surface area contributed by atoms with Crippen LogP contribution >= 0.6 is 0 Å². The topological polar surface area (TPSA) is 92.0 Å². The Morgan fingerprint density at radius 3 is 2.93 bits per heavy atom. The molecular formula is C21H19N5O. The predicted molar refractivity (Wildman–Crippen MR) is 109 cm³/mol. The quantitative estimate of drug-likeness (QED) is 0.568. The van der Waals surface area contributed by atoms with Crippen LogP contribution in [0.4, 0.5) is 11.8 Å².